The lowest BCUT2D eigenvalue weighted by Gasteiger charge is -2.27. The summed E-state index contributed by atoms with van der Waals surface area (Å²) in [6.07, 6.45) is 4.81. The Labute approximate surface area is 120 Å². The first-order chi connectivity index (χ1) is 9.17. The standard InChI is InChI=1S/C14H22N4S/c1-3-17(4-2)11-6-8-18(10-11)13-9-16-7-5-12(13)14(15)19/h5,7,9,11H,3-4,6,8,10H2,1-2H3,(H2,15,19). The molecule has 1 fully saturated rings. The van der Waals surface area contributed by atoms with Gasteiger partial charge in [0.1, 0.15) is 4.99 Å². The molecule has 1 atom stereocenters. The summed E-state index contributed by atoms with van der Waals surface area (Å²) in [5, 5.41) is 0. The Morgan fingerprint density at radius 3 is 2.89 bits per heavy atom. The molecule has 19 heavy (non-hydrogen) atoms. The zero-order valence-electron chi connectivity index (χ0n) is 11.7. The van der Waals surface area contributed by atoms with E-state index in [0.29, 0.717) is 11.0 Å². The molecule has 0 bridgehead atoms. The average molecular weight is 278 g/mol. The second-order valence-corrected chi connectivity index (χ2v) is 5.31. The number of hydrogen-bond acceptors (Lipinski definition) is 4. The number of pyridine rings is 1. The van der Waals surface area contributed by atoms with Gasteiger partial charge in [-0.1, -0.05) is 26.1 Å². The van der Waals surface area contributed by atoms with Gasteiger partial charge in [0.15, 0.2) is 0 Å². The molecule has 104 valence electrons. The highest BCUT2D eigenvalue weighted by molar-refractivity contribution is 7.80. The fourth-order valence-corrected chi connectivity index (χ4v) is 3.02. The van der Waals surface area contributed by atoms with Crippen LogP contribution in [0.15, 0.2) is 18.5 Å². The first-order valence-corrected chi connectivity index (χ1v) is 7.31. The highest BCUT2D eigenvalue weighted by Crippen LogP contribution is 2.25. The maximum absolute atomic E-state index is 5.80. The minimum atomic E-state index is 0.448. The van der Waals surface area contributed by atoms with E-state index in [1.54, 1.807) is 6.20 Å². The number of thiocarbonyl (C=S) groups is 1. The van der Waals surface area contributed by atoms with Gasteiger partial charge in [-0.15, -0.1) is 0 Å². The van der Waals surface area contributed by atoms with Crippen molar-refractivity contribution >= 4 is 22.9 Å². The zero-order valence-corrected chi connectivity index (χ0v) is 12.5. The Morgan fingerprint density at radius 1 is 1.53 bits per heavy atom. The molecular weight excluding hydrogens is 256 g/mol. The van der Waals surface area contributed by atoms with E-state index in [2.05, 4.69) is 28.6 Å². The minimum absolute atomic E-state index is 0.448. The van der Waals surface area contributed by atoms with E-state index in [9.17, 15) is 0 Å². The first kappa shape index (κ1) is 14.2. The third kappa shape index (κ3) is 3.04. The lowest BCUT2D eigenvalue weighted by molar-refractivity contribution is 0.232. The number of anilines is 1. The topological polar surface area (TPSA) is 45.4 Å². The molecule has 0 aromatic carbocycles. The Bertz CT molecular complexity index is 445. The van der Waals surface area contributed by atoms with Gasteiger partial charge in [-0.2, -0.15) is 0 Å². The SMILES string of the molecule is CCN(CC)C1CCN(c2cnccc2C(N)=S)C1. The highest BCUT2D eigenvalue weighted by Gasteiger charge is 2.27. The third-order valence-electron chi connectivity index (χ3n) is 3.90. The summed E-state index contributed by atoms with van der Waals surface area (Å²) in [5.74, 6) is 0. The summed E-state index contributed by atoms with van der Waals surface area (Å²) in [7, 11) is 0. The largest absolute Gasteiger partial charge is 0.389 e. The normalized spacial score (nSPS) is 19.1. The molecule has 1 aromatic rings. The van der Waals surface area contributed by atoms with Gasteiger partial charge in [0.2, 0.25) is 0 Å². The molecule has 2 N–H and O–H groups in total. The number of aromatic nitrogens is 1. The molecule has 1 aliphatic rings. The lowest BCUT2D eigenvalue weighted by Crippen LogP contribution is -2.37. The maximum Gasteiger partial charge on any atom is 0.106 e. The number of likely N-dealkylation sites (N-methyl/N-ethyl adjacent to an activating group) is 1. The average Bonchev–Trinajstić information content (AvgIpc) is 2.89. The third-order valence-corrected chi connectivity index (χ3v) is 4.12. The quantitative estimate of drug-likeness (QED) is 0.830. The van der Waals surface area contributed by atoms with Crippen molar-refractivity contribution in [1.82, 2.24) is 9.88 Å². The van der Waals surface area contributed by atoms with Gasteiger partial charge in [0.05, 0.1) is 11.9 Å². The van der Waals surface area contributed by atoms with E-state index in [1.165, 1.54) is 6.42 Å². The van der Waals surface area contributed by atoms with Crippen molar-refractivity contribution in [2.75, 3.05) is 31.1 Å². The van der Waals surface area contributed by atoms with E-state index >= 15 is 0 Å². The van der Waals surface area contributed by atoms with Crippen LogP contribution in [0.2, 0.25) is 0 Å². The van der Waals surface area contributed by atoms with Crippen LogP contribution in [0, 0.1) is 0 Å². The van der Waals surface area contributed by atoms with Crippen LogP contribution in [-0.2, 0) is 0 Å². The van der Waals surface area contributed by atoms with Gasteiger partial charge < -0.3 is 10.6 Å². The van der Waals surface area contributed by atoms with Crippen molar-refractivity contribution in [2.45, 2.75) is 26.3 Å². The molecule has 1 aliphatic heterocycles. The number of nitrogens with two attached hydrogens (primary N) is 1. The number of nitrogens with zero attached hydrogens (tertiary/aromatic N) is 3. The van der Waals surface area contributed by atoms with Gasteiger partial charge in [-0.05, 0) is 25.6 Å². The molecular formula is C14H22N4S. The predicted octanol–water partition coefficient (Wildman–Crippen LogP) is 1.64. The molecule has 4 nitrogen and oxygen atoms in total. The number of hydrogen-bond donors (Lipinski definition) is 1. The Kier molecular flexibility index (Phi) is 4.71. The van der Waals surface area contributed by atoms with Crippen LogP contribution in [-0.4, -0.2) is 47.1 Å². The maximum atomic E-state index is 5.80. The molecule has 2 heterocycles. The number of rotatable bonds is 5. The van der Waals surface area contributed by atoms with Crippen LogP contribution in [0.3, 0.4) is 0 Å². The molecule has 2 rings (SSSR count). The van der Waals surface area contributed by atoms with Crippen molar-refractivity contribution in [3.05, 3.63) is 24.0 Å². The van der Waals surface area contributed by atoms with Crippen LogP contribution in [0.25, 0.3) is 0 Å². The Balaban J connectivity index is 2.15. The summed E-state index contributed by atoms with van der Waals surface area (Å²) in [6.45, 7) is 8.72. The van der Waals surface area contributed by atoms with E-state index in [0.717, 1.165) is 37.4 Å². The monoisotopic (exact) mass is 278 g/mol. The highest BCUT2D eigenvalue weighted by atomic mass is 32.1. The molecule has 0 saturated carbocycles. The summed E-state index contributed by atoms with van der Waals surface area (Å²) in [5.41, 5.74) is 7.80. The molecule has 1 unspecified atom stereocenters. The smallest absolute Gasteiger partial charge is 0.106 e. The van der Waals surface area contributed by atoms with Crippen molar-refractivity contribution in [3.63, 3.8) is 0 Å². The van der Waals surface area contributed by atoms with Crippen LogP contribution < -0.4 is 10.6 Å². The molecule has 0 spiro atoms. The van der Waals surface area contributed by atoms with E-state index in [1.807, 2.05) is 12.3 Å². The van der Waals surface area contributed by atoms with Crippen molar-refractivity contribution in [3.8, 4) is 0 Å². The van der Waals surface area contributed by atoms with Gasteiger partial charge in [0, 0.05) is 30.9 Å². The van der Waals surface area contributed by atoms with Crippen LogP contribution in [0.4, 0.5) is 5.69 Å². The molecule has 0 amide bonds. The van der Waals surface area contributed by atoms with Crippen molar-refractivity contribution < 1.29 is 0 Å². The minimum Gasteiger partial charge on any atom is -0.389 e. The Morgan fingerprint density at radius 2 is 2.26 bits per heavy atom. The van der Waals surface area contributed by atoms with Gasteiger partial charge in [-0.3, -0.25) is 9.88 Å². The van der Waals surface area contributed by atoms with Crippen LogP contribution in [0.1, 0.15) is 25.8 Å². The fraction of sp³-hybridized carbons (Fsp3) is 0.571. The molecule has 0 aliphatic carbocycles. The fourth-order valence-electron chi connectivity index (χ4n) is 2.85. The van der Waals surface area contributed by atoms with Crippen molar-refractivity contribution in [1.29, 1.82) is 0 Å². The van der Waals surface area contributed by atoms with Crippen LogP contribution >= 0.6 is 12.2 Å². The zero-order chi connectivity index (χ0) is 13.8. The summed E-state index contributed by atoms with van der Waals surface area (Å²) >= 11 is 5.12. The van der Waals surface area contributed by atoms with E-state index in [-0.39, 0.29) is 0 Å². The van der Waals surface area contributed by atoms with E-state index in [4.69, 9.17) is 18.0 Å². The van der Waals surface area contributed by atoms with Gasteiger partial charge in [0.25, 0.3) is 0 Å². The second kappa shape index (κ2) is 6.30. The summed E-state index contributed by atoms with van der Waals surface area (Å²) < 4.78 is 0. The molecule has 1 saturated heterocycles. The summed E-state index contributed by atoms with van der Waals surface area (Å²) in [4.78, 5) is 9.52. The molecule has 1 aromatic heterocycles. The summed E-state index contributed by atoms with van der Waals surface area (Å²) in [6, 6.07) is 2.52. The van der Waals surface area contributed by atoms with Crippen molar-refractivity contribution in [2.24, 2.45) is 5.73 Å². The van der Waals surface area contributed by atoms with Gasteiger partial charge in [-0.25, -0.2) is 0 Å². The lowest BCUT2D eigenvalue weighted by atomic mass is 10.2. The Hall–Kier alpha value is -1.20. The second-order valence-electron chi connectivity index (χ2n) is 4.87. The first-order valence-electron chi connectivity index (χ1n) is 6.90. The molecule has 0 radical (unpaired) electrons. The predicted molar refractivity (Wildman–Crippen MR) is 83.7 cm³/mol. The molecule has 5 heteroatoms. The van der Waals surface area contributed by atoms with Crippen LogP contribution in [0.5, 0.6) is 0 Å². The van der Waals surface area contributed by atoms with Gasteiger partial charge >= 0.3 is 0 Å². The van der Waals surface area contributed by atoms with E-state index < -0.39 is 0 Å².